The second-order valence-corrected chi connectivity index (χ2v) is 12.0. The smallest absolute Gasteiger partial charge is 0.0636 e. The van der Waals surface area contributed by atoms with Crippen LogP contribution in [0.1, 0.15) is 160 Å². The van der Waals surface area contributed by atoms with E-state index < -0.39 is 0 Å². The Morgan fingerprint density at radius 3 is 1.17 bits per heavy atom. The van der Waals surface area contributed by atoms with Crippen LogP contribution >= 0.6 is 0 Å². The average molecular weight is 559 g/mol. The minimum Gasteiger partial charge on any atom is -0.252 e. The molecule has 0 radical (unpaired) electrons. The van der Waals surface area contributed by atoms with Gasteiger partial charge in [0.25, 0.3) is 0 Å². The molecule has 2 rings (SSSR count). The number of nitrogens with zero attached hydrogens (tertiary/aromatic N) is 2. The Labute approximate surface area is 254 Å². The highest BCUT2D eigenvalue weighted by molar-refractivity contribution is 6.43. The van der Waals surface area contributed by atoms with Crippen molar-refractivity contribution in [3.63, 3.8) is 0 Å². The maximum Gasteiger partial charge on any atom is 0.0636 e. The van der Waals surface area contributed by atoms with Crippen LogP contribution in [0.5, 0.6) is 0 Å². The molecular formula is C39H62N2. The van der Waals surface area contributed by atoms with E-state index >= 15 is 0 Å². The van der Waals surface area contributed by atoms with Crippen LogP contribution in [-0.2, 0) is 25.7 Å². The Hall–Kier alpha value is -2.22. The standard InChI is InChI=1S/C39H62N2/c1-7-13-19-25-39(41-37-29-27-33(21-15-9-3)35(31-37)23-17-11-5)38(24-18-12-6)40-36-28-26-32(20-14-8-2)34(30-36)22-16-10-4/h26-31H,7-25H2,1-6H3. The van der Waals surface area contributed by atoms with Crippen LogP contribution in [0.15, 0.2) is 46.4 Å². The first-order chi connectivity index (χ1) is 20.1. The van der Waals surface area contributed by atoms with E-state index in [1.807, 2.05) is 0 Å². The van der Waals surface area contributed by atoms with E-state index in [4.69, 9.17) is 9.98 Å². The monoisotopic (exact) mass is 558 g/mol. The fourth-order valence-electron chi connectivity index (χ4n) is 5.51. The molecule has 0 aromatic heterocycles. The zero-order valence-corrected chi connectivity index (χ0v) is 27.8. The lowest BCUT2D eigenvalue weighted by Crippen LogP contribution is -2.14. The summed E-state index contributed by atoms with van der Waals surface area (Å²) >= 11 is 0. The van der Waals surface area contributed by atoms with Gasteiger partial charge in [0.15, 0.2) is 0 Å². The van der Waals surface area contributed by atoms with Gasteiger partial charge in [0.1, 0.15) is 0 Å². The number of aryl methyl sites for hydroxylation is 4. The number of unbranched alkanes of at least 4 members (excludes halogenated alkanes) is 7. The average Bonchev–Trinajstić information content (AvgIpc) is 2.99. The van der Waals surface area contributed by atoms with Gasteiger partial charge in [0, 0.05) is 0 Å². The molecule has 0 saturated heterocycles. The van der Waals surface area contributed by atoms with Crippen LogP contribution in [0.4, 0.5) is 11.4 Å². The summed E-state index contributed by atoms with van der Waals surface area (Å²) in [6.45, 7) is 13.7. The summed E-state index contributed by atoms with van der Waals surface area (Å²) in [5, 5.41) is 0. The normalized spacial score (nSPS) is 12.3. The third kappa shape index (κ3) is 13.1. The Kier molecular flexibility index (Phi) is 18.3. The molecule has 0 aliphatic carbocycles. The number of hydrogen-bond donors (Lipinski definition) is 0. The largest absolute Gasteiger partial charge is 0.252 e. The molecule has 228 valence electrons. The van der Waals surface area contributed by atoms with Crippen LogP contribution < -0.4 is 0 Å². The van der Waals surface area contributed by atoms with Crippen LogP contribution in [-0.4, -0.2) is 11.4 Å². The summed E-state index contributed by atoms with van der Waals surface area (Å²) in [7, 11) is 0. The predicted molar refractivity (Wildman–Crippen MR) is 185 cm³/mol. The molecule has 0 heterocycles. The Balaban J connectivity index is 2.55. The zero-order chi connectivity index (χ0) is 29.7. The van der Waals surface area contributed by atoms with Gasteiger partial charge in [-0.1, -0.05) is 98.6 Å². The van der Waals surface area contributed by atoms with Crippen molar-refractivity contribution in [2.45, 2.75) is 164 Å². The van der Waals surface area contributed by atoms with Crippen LogP contribution in [0.2, 0.25) is 0 Å². The predicted octanol–water partition coefficient (Wildman–Crippen LogP) is 12.7. The van der Waals surface area contributed by atoms with Gasteiger partial charge in [-0.2, -0.15) is 0 Å². The molecule has 2 aromatic carbocycles. The summed E-state index contributed by atoms with van der Waals surface area (Å²) in [5.74, 6) is 0. The van der Waals surface area contributed by atoms with Gasteiger partial charge >= 0.3 is 0 Å². The molecule has 0 saturated carbocycles. The second-order valence-electron chi connectivity index (χ2n) is 12.0. The summed E-state index contributed by atoms with van der Waals surface area (Å²) in [5.41, 5.74) is 10.7. The van der Waals surface area contributed by atoms with Crippen molar-refractivity contribution in [1.29, 1.82) is 0 Å². The fraction of sp³-hybridized carbons (Fsp3) is 0.641. The summed E-state index contributed by atoms with van der Waals surface area (Å²) in [6, 6.07) is 14.0. The third-order valence-corrected chi connectivity index (χ3v) is 8.22. The molecule has 0 spiro atoms. The molecular weight excluding hydrogens is 496 g/mol. The third-order valence-electron chi connectivity index (χ3n) is 8.22. The quantitative estimate of drug-likeness (QED) is 0.101. The molecule has 41 heavy (non-hydrogen) atoms. The minimum absolute atomic E-state index is 1.00. The maximum atomic E-state index is 5.39. The number of benzene rings is 2. The van der Waals surface area contributed by atoms with Crippen LogP contribution in [0.25, 0.3) is 0 Å². The molecule has 0 atom stereocenters. The van der Waals surface area contributed by atoms with Gasteiger partial charge in [-0.15, -0.1) is 0 Å². The van der Waals surface area contributed by atoms with E-state index in [2.05, 4.69) is 77.9 Å². The lowest BCUT2D eigenvalue weighted by atomic mass is 9.96. The molecule has 2 nitrogen and oxygen atoms in total. The molecule has 0 amide bonds. The van der Waals surface area contributed by atoms with Gasteiger partial charge in [-0.3, -0.25) is 9.98 Å². The zero-order valence-electron chi connectivity index (χ0n) is 27.8. The van der Waals surface area contributed by atoms with Crippen molar-refractivity contribution in [2.75, 3.05) is 0 Å². The highest BCUT2D eigenvalue weighted by Gasteiger charge is 2.13. The lowest BCUT2D eigenvalue weighted by Gasteiger charge is -2.14. The number of rotatable bonds is 22. The minimum atomic E-state index is 1.00. The number of hydrogen-bond acceptors (Lipinski definition) is 2. The molecule has 0 N–H and O–H groups in total. The van der Waals surface area contributed by atoms with Gasteiger partial charge in [-0.25, -0.2) is 0 Å². The molecule has 2 aromatic rings. The molecule has 0 unspecified atom stereocenters. The van der Waals surface area contributed by atoms with Crippen molar-refractivity contribution in [1.82, 2.24) is 0 Å². The lowest BCUT2D eigenvalue weighted by molar-refractivity contribution is 0.742. The van der Waals surface area contributed by atoms with E-state index in [0.717, 1.165) is 43.5 Å². The van der Waals surface area contributed by atoms with E-state index in [9.17, 15) is 0 Å². The molecule has 0 aliphatic heterocycles. The van der Waals surface area contributed by atoms with Crippen molar-refractivity contribution in [3.05, 3.63) is 58.7 Å². The SMILES string of the molecule is CCCCCC(=Nc1ccc(CCCC)c(CCCC)c1)C(CCCC)=Nc1ccc(CCCC)c(CCCC)c1. The molecule has 0 aliphatic rings. The van der Waals surface area contributed by atoms with E-state index in [0.29, 0.717) is 0 Å². The summed E-state index contributed by atoms with van der Waals surface area (Å²) < 4.78 is 0. The number of aliphatic imine (C=N–C) groups is 2. The summed E-state index contributed by atoms with van der Waals surface area (Å²) in [4.78, 5) is 10.8. The van der Waals surface area contributed by atoms with E-state index in [-0.39, 0.29) is 0 Å². The fourth-order valence-corrected chi connectivity index (χ4v) is 5.51. The van der Waals surface area contributed by atoms with Crippen molar-refractivity contribution < 1.29 is 0 Å². The maximum absolute atomic E-state index is 5.39. The summed E-state index contributed by atoms with van der Waals surface area (Å²) in [6.07, 6.45) is 22.6. The Morgan fingerprint density at radius 1 is 0.415 bits per heavy atom. The van der Waals surface area contributed by atoms with Gasteiger partial charge in [-0.05, 0) is 124 Å². The second kappa shape index (κ2) is 21.5. The van der Waals surface area contributed by atoms with Gasteiger partial charge in [0.2, 0.25) is 0 Å². The Morgan fingerprint density at radius 2 is 0.780 bits per heavy atom. The first-order valence-electron chi connectivity index (χ1n) is 17.5. The first-order valence-corrected chi connectivity index (χ1v) is 17.5. The van der Waals surface area contributed by atoms with E-state index in [1.165, 1.54) is 124 Å². The van der Waals surface area contributed by atoms with Crippen LogP contribution in [0, 0.1) is 0 Å². The highest BCUT2D eigenvalue weighted by atomic mass is 14.8. The molecule has 2 heteroatoms. The highest BCUT2D eigenvalue weighted by Crippen LogP contribution is 2.26. The molecule has 0 bridgehead atoms. The van der Waals surface area contributed by atoms with Crippen molar-refractivity contribution >= 4 is 22.8 Å². The van der Waals surface area contributed by atoms with E-state index in [1.54, 1.807) is 0 Å². The van der Waals surface area contributed by atoms with Gasteiger partial charge in [0.05, 0.1) is 22.8 Å². The Bertz CT molecular complexity index is 1050. The van der Waals surface area contributed by atoms with Crippen molar-refractivity contribution in [2.24, 2.45) is 9.98 Å². The topological polar surface area (TPSA) is 24.7 Å². The first kappa shape index (κ1) is 35.0. The van der Waals surface area contributed by atoms with Crippen LogP contribution in [0.3, 0.4) is 0 Å². The molecule has 0 fully saturated rings. The van der Waals surface area contributed by atoms with Gasteiger partial charge < -0.3 is 0 Å². The van der Waals surface area contributed by atoms with Crippen molar-refractivity contribution in [3.8, 4) is 0 Å².